The van der Waals surface area contributed by atoms with Crippen LogP contribution < -0.4 is 18.9 Å². The maximum Gasteiger partial charge on any atom is 0.203 e. The fourth-order valence-corrected chi connectivity index (χ4v) is 2.97. The summed E-state index contributed by atoms with van der Waals surface area (Å²) < 4.78 is 21.6. The van der Waals surface area contributed by atoms with Gasteiger partial charge in [0.05, 0.1) is 34.5 Å². The first-order valence-electron chi connectivity index (χ1n) is 9.31. The van der Waals surface area contributed by atoms with Crippen molar-refractivity contribution in [3.63, 3.8) is 0 Å². The zero-order chi connectivity index (χ0) is 21.2. The quantitative estimate of drug-likeness (QED) is 0.477. The van der Waals surface area contributed by atoms with Gasteiger partial charge in [-0.2, -0.15) is 0 Å². The molecule has 0 heterocycles. The van der Waals surface area contributed by atoms with E-state index in [2.05, 4.69) is 23.3 Å². The molecule has 0 radical (unpaired) electrons. The van der Waals surface area contributed by atoms with Gasteiger partial charge in [-0.3, -0.25) is 4.90 Å². The monoisotopic (exact) mass is 395 g/mol. The lowest BCUT2D eigenvalue weighted by atomic mass is 10.0. The number of likely N-dealkylation sites (N-methyl/N-ethyl adjacent to an activating group) is 1. The molecular weight excluding hydrogens is 366 g/mol. The third-order valence-corrected chi connectivity index (χ3v) is 4.58. The molecule has 5 nitrogen and oxygen atoms in total. The van der Waals surface area contributed by atoms with Crippen molar-refractivity contribution in [2.24, 2.45) is 0 Å². The highest BCUT2D eigenvalue weighted by Crippen LogP contribution is 2.38. The third kappa shape index (κ3) is 5.94. The zero-order valence-corrected chi connectivity index (χ0v) is 17.8. The molecule has 5 heteroatoms. The van der Waals surface area contributed by atoms with Crippen molar-refractivity contribution in [3.05, 3.63) is 60.2 Å². The highest BCUT2D eigenvalue weighted by atomic mass is 16.5. The molecule has 0 spiro atoms. The summed E-state index contributed by atoms with van der Waals surface area (Å²) in [4.78, 5) is 2.16. The molecule has 0 bridgehead atoms. The molecule has 0 amide bonds. The van der Waals surface area contributed by atoms with E-state index in [9.17, 15) is 0 Å². The molecule has 0 fully saturated rings. The maximum absolute atomic E-state index is 5.48. The molecule has 0 aliphatic carbocycles. The van der Waals surface area contributed by atoms with Crippen LogP contribution in [0, 0.1) is 11.8 Å². The summed E-state index contributed by atoms with van der Waals surface area (Å²) in [5, 5.41) is 0. The Labute approximate surface area is 173 Å². The second-order valence-electron chi connectivity index (χ2n) is 6.48. The average molecular weight is 395 g/mol. The van der Waals surface area contributed by atoms with Crippen LogP contribution in [0.15, 0.2) is 49.1 Å². The van der Waals surface area contributed by atoms with Crippen LogP contribution in [-0.4, -0.2) is 53.0 Å². The minimum absolute atomic E-state index is 0.0158. The Hall–Kier alpha value is -3.10. The molecule has 0 saturated carbocycles. The van der Waals surface area contributed by atoms with Crippen LogP contribution >= 0.6 is 0 Å². The van der Waals surface area contributed by atoms with Crippen LogP contribution in [0.2, 0.25) is 0 Å². The van der Waals surface area contributed by atoms with Gasteiger partial charge in [-0.15, -0.1) is 6.58 Å². The van der Waals surface area contributed by atoms with Gasteiger partial charge in [0.25, 0.3) is 0 Å². The Bertz CT molecular complexity index is 840. The summed E-state index contributed by atoms with van der Waals surface area (Å²) in [6.45, 7) is 4.57. The predicted molar refractivity (Wildman–Crippen MR) is 116 cm³/mol. The first kappa shape index (κ1) is 22.2. The molecule has 1 unspecified atom stereocenters. The van der Waals surface area contributed by atoms with E-state index in [4.69, 9.17) is 18.9 Å². The predicted octanol–water partition coefficient (Wildman–Crippen LogP) is 3.80. The molecule has 154 valence electrons. The number of ether oxygens (including phenoxy) is 4. The Kier molecular flexibility index (Phi) is 8.45. The van der Waals surface area contributed by atoms with E-state index in [0.717, 1.165) is 23.4 Å². The molecule has 2 aromatic rings. The number of methoxy groups -OCH3 is 4. The second kappa shape index (κ2) is 11.0. The van der Waals surface area contributed by atoms with E-state index in [1.807, 2.05) is 49.5 Å². The third-order valence-electron chi connectivity index (χ3n) is 4.58. The molecule has 0 aliphatic heterocycles. The van der Waals surface area contributed by atoms with E-state index in [1.54, 1.807) is 28.4 Å². The van der Waals surface area contributed by atoms with Crippen LogP contribution in [0.4, 0.5) is 0 Å². The summed E-state index contributed by atoms with van der Waals surface area (Å²) in [7, 11) is 8.52. The smallest absolute Gasteiger partial charge is 0.203 e. The summed E-state index contributed by atoms with van der Waals surface area (Å²) in [6.07, 6.45) is 2.57. The Morgan fingerprint density at radius 1 is 0.966 bits per heavy atom. The summed E-state index contributed by atoms with van der Waals surface area (Å²) in [5.74, 6) is 9.32. The summed E-state index contributed by atoms with van der Waals surface area (Å²) in [5.41, 5.74) is 1.98. The maximum atomic E-state index is 5.48. The average Bonchev–Trinajstić information content (AvgIpc) is 2.76. The molecule has 29 heavy (non-hydrogen) atoms. The van der Waals surface area contributed by atoms with Gasteiger partial charge in [0.15, 0.2) is 11.5 Å². The van der Waals surface area contributed by atoms with E-state index in [-0.39, 0.29) is 6.04 Å². The van der Waals surface area contributed by atoms with E-state index in [0.29, 0.717) is 23.7 Å². The van der Waals surface area contributed by atoms with Crippen LogP contribution in [0.3, 0.4) is 0 Å². The van der Waals surface area contributed by atoms with Crippen molar-refractivity contribution in [1.29, 1.82) is 0 Å². The molecule has 2 aromatic carbocycles. The van der Waals surface area contributed by atoms with Crippen LogP contribution in [0.5, 0.6) is 23.0 Å². The molecule has 0 saturated heterocycles. The Morgan fingerprint density at radius 2 is 1.59 bits per heavy atom. The van der Waals surface area contributed by atoms with Gasteiger partial charge < -0.3 is 18.9 Å². The van der Waals surface area contributed by atoms with Crippen LogP contribution in [0.1, 0.15) is 11.1 Å². The minimum atomic E-state index is -0.0158. The standard InChI is InChI=1S/C24H29NO4/c1-7-14-25(2)20(11-8-18-9-12-21(26-3)13-10-18)15-19-16-22(27-4)24(29-6)23(17-19)28-5/h7,9-10,12-13,16-17,20H,1,14-15H2,2-6H3. The molecule has 2 rings (SSSR count). The van der Waals surface area contributed by atoms with Crippen LogP contribution in [0.25, 0.3) is 0 Å². The van der Waals surface area contributed by atoms with Gasteiger partial charge in [0, 0.05) is 12.1 Å². The Balaban J connectivity index is 2.34. The molecule has 1 atom stereocenters. The number of hydrogen-bond acceptors (Lipinski definition) is 5. The second-order valence-corrected chi connectivity index (χ2v) is 6.48. The van der Waals surface area contributed by atoms with Crippen molar-refractivity contribution in [2.75, 3.05) is 42.0 Å². The molecule has 0 aliphatic rings. The topological polar surface area (TPSA) is 40.2 Å². The normalized spacial score (nSPS) is 11.2. The van der Waals surface area contributed by atoms with Gasteiger partial charge in [-0.05, 0) is 55.4 Å². The summed E-state index contributed by atoms with van der Waals surface area (Å²) >= 11 is 0. The number of rotatable bonds is 9. The first-order chi connectivity index (χ1) is 14.1. The summed E-state index contributed by atoms with van der Waals surface area (Å²) in [6, 6.07) is 11.6. The van der Waals surface area contributed by atoms with Gasteiger partial charge in [0.2, 0.25) is 5.75 Å². The van der Waals surface area contributed by atoms with Gasteiger partial charge in [0.1, 0.15) is 5.75 Å². The number of hydrogen-bond donors (Lipinski definition) is 0. The van der Waals surface area contributed by atoms with Crippen molar-refractivity contribution in [1.82, 2.24) is 4.90 Å². The van der Waals surface area contributed by atoms with Crippen molar-refractivity contribution in [2.45, 2.75) is 12.5 Å². The lowest BCUT2D eigenvalue weighted by Crippen LogP contribution is -2.32. The van der Waals surface area contributed by atoms with Crippen molar-refractivity contribution in [3.8, 4) is 34.8 Å². The van der Waals surface area contributed by atoms with E-state index in [1.165, 1.54) is 0 Å². The highest BCUT2D eigenvalue weighted by molar-refractivity contribution is 5.54. The van der Waals surface area contributed by atoms with E-state index >= 15 is 0 Å². The first-order valence-corrected chi connectivity index (χ1v) is 9.31. The fourth-order valence-electron chi connectivity index (χ4n) is 2.97. The van der Waals surface area contributed by atoms with Crippen molar-refractivity contribution >= 4 is 0 Å². The molecular formula is C24H29NO4. The van der Waals surface area contributed by atoms with E-state index < -0.39 is 0 Å². The lowest BCUT2D eigenvalue weighted by molar-refractivity contribution is 0.313. The fraction of sp³-hybridized carbons (Fsp3) is 0.333. The minimum Gasteiger partial charge on any atom is -0.497 e. The molecule has 0 N–H and O–H groups in total. The van der Waals surface area contributed by atoms with Gasteiger partial charge in [-0.1, -0.05) is 17.9 Å². The number of benzene rings is 2. The van der Waals surface area contributed by atoms with Crippen molar-refractivity contribution < 1.29 is 18.9 Å². The lowest BCUT2D eigenvalue weighted by Gasteiger charge is -2.23. The molecule has 0 aromatic heterocycles. The largest absolute Gasteiger partial charge is 0.497 e. The number of nitrogens with zero attached hydrogens (tertiary/aromatic N) is 1. The SMILES string of the molecule is C=CCN(C)C(C#Cc1ccc(OC)cc1)Cc1cc(OC)c(OC)c(OC)c1. The van der Waals surface area contributed by atoms with Gasteiger partial charge in [-0.25, -0.2) is 0 Å². The Morgan fingerprint density at radius 3 is 2.07 bits per heavy atom. The van der Waals surface area contributed by atoms with Gasteiger partial charge >= 0.3 is 0 Å². The zero-order valence-electron chi connectivity index (χ0n) is 17.8. The van der Waals surface area contributed by atoms with Crippen LogP contribution in [-0.2, 0) is 6.42 Å². The highest BCUT2D eigenvalue weighted by Gasteiger charge is 2.17.